The van der Waals surface area contributed by atoms with Crippen LogP contribution in [0, 0.1) is 5.82 Å². The van der Waals surface area contributed by atoms with Crippen molar-refractivity contribution in [3.05, 3.63) is 72.3 Å². The molecule has 0 spiro atoms. The number of amides is 1. The van der Waals surface area contributed by atoms with Gasteiger partial charge in [-0.25, -0.2) is 17.5 Å². The van der Waals surface area contributed by atoms with E-state index in [4.69, 9.17) is 4.74 Å². The number of methoxy groups -OCH3 is 1. The molecule has 1 amide bonds. The first-order valence-corrected chi connectivity index (χ1v) is 11.6. The number of benzene rings is 2. The van der Waals surface area contributed by atoms with E-state index < -0.39 is 10.0 Å². The highest BCUT2D eigenvalue weighted by Gasteiger charge is 2.30. The van der Waals surface area contributed by atoms with Gasteiger partial charge in [0.15, 0.2) is 5.69 Å². The fourth-order valence-corrected chi connectivity index (χ4v) is 5.05. The topological polar surface area (TPSA) is 93.5 Å². The smallest absolute Gasteiger partial charge is 0.272 e. The lowest BCUT2D eigenvalue weighted by molar-refractivity contribution is 0.0918. The second-order valence-electron chi connectivity index (χ2n) is 7.45. The average Bonchev–Trinajstić information content (AvgIpc) is 3.30. The van der Waals surface area contributed by atoms with E-state index in [0.29, 0.717) is 37.4 Å². The summed E-state index contributed by atoms with van der Waals surface area (Å²) < 4.78 is 46.8. The Balaban J connectivity index is 1.34. The van der Waals surface area contributed by atoms with Gasteiger partial charge in [0, 0.05) is 25.3 Å². The molecule has 1 fully saturated rings. The number of hydrogen-bond donors (Lipinski definition) is 1. The van der Waals surface area contributed by atoms with E-state index in [9.17, 15) is 17.6 Å². The predicted molar refractivity (Wildman–Crippen MR) is 116 cm³/mol. The van der Waals surface area contributed by atoms with Crippen LogP contribution in [0.1, 0.15) is 23.3 Å². The molecule has 0 unspecified atom stereocenters. The number of carbonyl (C=O) groups excluding carboxylic acids is 1. The van der Waals surface area contributed by atoms with Crippen molar-refractivity contribution in [1.82, 2.24) is 19.4 Å². The van der Waals surface area contributed by atoms with Gasteiger partial charge in [-0.1, -0.05) is 0 Å². The van der Waals surface area contributed by atoms with Crippen molar-refractivity contribution >= 4 is 15.9 Å². The van der Waals surface area contributed by atoms with Gasteiger partial charge >= 0.3 is 0 Å². The minimum absolute atomic E-state index is 0.152. The van der Waals surface area contributed by atoms with E-state index >= 15 is 0 Å². The summed E-state index contributed by atoms with van der Waals surface area (Å²) in [6.07, 6.45) is 2.63. The molecule has 0 saturated carbocycles. The Hall–Kier alpha value is -3.24. The molecule has 1 aromatic heterocycles. The molecule has 10 heteroatoms. The van der Waals surface area contributed by atoms with Crippen LogP contribution in [0.15, 0.2) is 65.7 Å². The van der Waals surface area contributed by atoms with Crippen LogP contribution < -0.4 is 10.1 Å². The zero-order valence-electron chi connectivity index (χ0n) is 17.4. The molecule has 1 N–H and O–H groups in total. The summed E-state index contributed by atoms with van der Waals surface area (Å²) in [5.41, 5.74) is 0.880. The van der Waals surface area contributed by atoms with Gasteiger partial charge in [0.05, 0.1) is 17.7 Å². The largest absolute Gasteiger partial charge is 0.497 e. The van der Waals surface area contributed by atoms with Crippen molar-refractivity contribution in [1.29, 1.82) is 0 Å². The number of ether oxygens (including phenoxy) is 1. The maximum absolute atomic E-state index is 13.1. The first-order chi connectivity index (χ1) is 15.4. The van der Waals surface area contributed by atoms with E-state index in [1.54, 1.807) is 36.5 Å². The van der Waals surface area contributed by atoms with Crippen molar-refractivity contribution < 1.29 is 22.3 Å². The Kier molecular flexibility index (Phi) is 6.24. The summed E-state index contributed by atoms with van der Waals surface area (Å²) in [7, 11) is -2.08. The maximum atomic E-state index is 13.1. The Morgan fingerprint density at radius 3 is 2.34 bits per heavy atom. The lowest BCUT2D eigenvalue weighted by Crippen LogP contribution is -2.46. The van der Waals surface area contributed by atoms with E-state index in [-0.39, 0.29) is 28.4 Å². The molecular weight excluding hydrogens is 435 g/mol. The van der Waals surface area contributed by atoms with E-state index in [1.165, 1.54) is 40.4 Å². The van der Waals surface area contributed by atoms with E-state index in [1.807, 2.05) is 0 Å². The van der Waals surface area contributed by atoms with E-state index in [0.717, 1.165) is 0 Å². The molecule has 1 aliphatic heterocycles. The van der Waals surface area contributed by atoms with Gasteiger partial charge in [-0.15, -0.1) is 0 Å². The number of hydrogen-bond acceptors (Lipinski definition) is 5. The molecule has 0 aliphatic carbocycles. The third-order valence-electron chi connectivity index (χ3n) is 5.40. The van der Waals surface area contributed by atoms with Gasteiger partial charge in [0.1, 0.15) is 11.6 Å². The van der Waals surface area contributed by atoms with Gasteiger partial charge < -0.3 is 10.1 Å². The van der Waals surface area contributed by atoms with Gasteiger partial charge in [-0.05, 0) is 67.4 Å². The standard InChI is InChI=1S/C22H23FN4O4S/c1-31-19-6-8-20(9-7-19)32(29,30)26-13-10-17(11-14-26)24-22(28)21-12-15-27(25-21)18-4-2-16(23)3-5-18/h2-9,12,15,17H,10-11,13-14H2,1H3,(H,24,28). The third-order valence-corrected chi connectivity index (χ3v) is 7.31. The molecule has 32 heavy (non-hydrogen) atoms. The second-order valence-corrected chi connectivity index (χ2v) is 9.39. The first kappa shape index (κ1) is 22.0. The number of rotatable bonds is 6. The van der Waals surface area contributed by atoms with Crippen LogP contribution in [0.2, 0.25) is 0 Å². The molecule has 8 nitrogen and oxygen atoms in total. The fraction of sp³-hybridized carbons (Fsp3) is 0.273. The normalized spacial score (nSPS) is 15.4. The summed E-state index contributed by atoms with van der Waals surface area (Å²) in [4.78, 5) is 12.8. The molecule has 0 radical (unpaired) electrons. The van der Waals surface area contributed by atoms with Crippen molar-refractivity contribution in [2.75, 3.05) is 20.2 Å². The molecule has 2 aromatic carbocycles. The third kappa shape index (κ3) is 4.66. The number of nitrogens with zero attached hydrogens (tertiary/aromatic N) is 3. The first-order valence-electron chi connectivity index (χ1n) is 10.1. The van der Waals surface area contributed by atoms with E-state index in [2.05, 4.69) is 10.4 Å². The van der Waals surface area contributed by atoms with Crippen molar-refractivity contribution in [3.8, 4) is 11.4 Å². The highest BCUT2D eigenvalue weighted by molar-refractivity contribution is 7.89. The van der Waals surface area contributed by atoms with Gasteiger partial charge in [0.2, 0.25) is 10.0 Å². The van der Waals surface area contributed by atoms with Crippen molar-refractivity contribution in [2.45, 2.75) is 23.8 Å². The second kappa shape index (κ2) is 9.09. The summed E-state index contributed by atoms with van der Waals surface area (Å²) in [6, 6.07) is 13.5. The quantitative estimate of drug-likeness (QED) is 0.613. The molecule has 3 aromatic rings. The number of nitrogens with one attached hydrogen (secondary N) is 1. The Bertz CT molecular complexity index is 1190. The zero-order valence-corrected chi connectivity index (χ0v) is 18.3. The van der Waals surface area contributed by atoms with Crippen molar-refractivity contribution in [3.63, 3.8) is 0 Å². The average molecular weight is 459 g/mol. The van der Waals surface area contributed by atoms with Crippen LogP contribution in [-0.4, -0.2) is 54.7 Å². The minimum atomic E-state index is -3.60. The predicted octanol–water partition coefficient (Wildman–Crippen LogP) is 2.60. The van der Waals surface area contributed by atoms with Gasteiger partial charge in [-0.2, -0.15) is 9.40 Å². The summed E-state index contributed by atoms with van der Waals surface area (Å²) >= 11 is 0. The van der Waals surface area contributed by atoms with Crippen LogP contribution in [-0.2, 0) is 10.0 Å². The number of carbonyl (C=O) groups is 1. The lowest BCUT2D eigenvalue weighted by Gasteiger charge is -2.31. The Morgan fingerprint density at radius 2 is 1.72 bits per heavy atom. The number of halogens is 1. The summed E-state index contributed by atoms with van der Waals surface area (Å²) in [5.74, 6) is -0.0891. The van der Waals surface area contributed by atoms with Crippen LogP contribution in [0.25, 0.3) is 5.69 Å². The molecule has 0 bridgehead atoms. The highest BCUT2D eigenvalue weighted by atomic mass is 32.2. The monoisotopic (exact) mass is 458 g/mol. The SMILES string of the molecule is COc1ccc(S(=O)(=O)N2CCC(NC(=O)c3ccn(-c4ccc(F)cc4)n3)CC2)cc1. The fourth-order valence-electron chi connectivity index (χ4n) is 3.58. The zero-order chi connectivity index (χ0) is 22.7. The van der Waals surface area contributed by atoms with Gasteiger partial charge in [-0.3, -0.25) is 4.79 Å². The Labute approximate surface area is 185 Å². The highest BCUT2D eigenvalue weighted by Crippen LogP contribution is 2.23. The summed E-state index contributed by atoms with van der Waals surface area (Å²) in [6.45, 7) is 0.618. The maximum Gasteiger partial charge on any atom is 0.272 e. The van der Waals surface area contributed by atoms with Crippen LogP contribution in [0.4, 0.5) is 4.39 Å². The van der Waals surface area contributed by atoms with Crippen LogP contribution in [0.3, 0.4) is 0 Å². The molecule has 2 heterocycles. The Morgan fingerprint density at radius 1 is 1.06 bits per heavy atom. The number of aromatic nitrogens is 2. The number of piperidine rings is 1. The minimum Gasteiger partial charge on any atom is -0.497 e. The molecule has 1 aliphatic rings. The van der Waals surface area contributed by atoms with Gasteiger partial charge in [0.25, 0.3) is 5.91 Å². The molecule has 0 atom stereocenters. The molecular formula is C22H23FN4O4S. The van der Waals surface area contributed by atoms with Crippen LogP contribution >= 0.6 is 0 Å². The summed E-state index contributed by atoms with van der Waals surface area (Å²) in [5, 5.41) is 7.17. The molecule has 168 valence electrons. The molecule has 1 saturated heterocycles. The van der Waals surface area contributed by atoms with Crippen LogP contribution in [0.5, 0.6) is 5.75 Å². The lowest BCUT2D eigenvalue weighted by atomic mass is 10.1. The molecule has 4 rings (SSSR count). The number of sulfonamides is 1. The van der Waals surface area contributed by atoms with Crippen molar-refractivity contribution in [2.24, 2.45) is 0 Å².